The number of amides is 1. The molecule has 0 aliphatic heterocycles. The minimum absolute atomic E-state index is 0.183. The molecular weight excluding hydrogens is 912 g/mol. The second-order valence-corrected chi connectivity index (χ2v) is 20.1. The van der Waals surface area contributed by atoms with E-state index in [1.54, 1.807) is 0 Å². The first kappa shape index (κ1) is 46.5. The van der Waals surface area contributed by atoms with Crippen LogP contribution in [-0.2, 0) is 61.0 Å². The number of rotatable bonds is 12. The molecule has 0 saturated heterocycles. The smallest absolute Gasteiger partial charge is 0.346 e. The maximum atomic E-state index is 15.3. The number of aromatic nitrogens is 5. The Morgan fingerprint density at radius 2 is 1.55 bits per heavy atom. The van der Waals surface area contributed by atoms with E-state index in [-0.39, 0.29) is 37.5 Å². The van der Waals surface area contributed by atoms with E-state index in [0.717, 1.165) is 31.4 Å². The van der Waals surface area contributed by atoms with E-state index in [9.17, 15) is 56.8 Å². The van der Waals surface area contributed by atoms with Gasteiger partial charge in [0.25, 0.3) is 5.92 Å². The summed E-state index contributed by atoms with van der Waals surface area (Å²) >= 11 is 6.44. The van der Waals surface area contributed by atoms with Crippen LogP contribution in [0.1, 0.15) is 73.1 Å². The third-order valence-corrected chi connectivity index (χ3v) is 13.1. The Kier molecular flexibility index (Phi) is 11.8. The standard InChI is InChI=1S/C37H34ClF10N7O5S2/c1-17-14-35(41,42)32-27(17)31(37(46,47)48)51-54(32)15-26(56)49-24(12-18-10-19(39)13-20(40)11-18)29-21(7-9-25(50-29)34(2,3)61(4,57)58)22-6-8-23(38)28-30(22)55(16-36(43,44)45)52-33(28)53-62(5,59)60/h6-11,13,17,24H,12,14-16H2,1-5H3,(H,49,56)(H,52,53)/t17-,24+/m1/s1. The van der Waals surface area contributed by atoms with E-state index in [0.29, 0.717) is 17.0 Å². The van der Waals surface area contributed by atoms with Gasteiger partial charge in [-0.15, -0.1) is 0 Å². The summed E-state index contributed by atoms with van der Waals surface area (Å²) in [7, 11) is -8.28. The molecule has 0 bridgehead atoms. The van der Waals surface area contributed by atoms with Gasteiger partial charge < -0.3 is 5.32 Å². The summed E-state index contributed by atoms with van der Waals surface area (Å²) in [6.45, 7) is 0.488. The van der Waals surface area contributed by atoms with Crippen molar-refractivity contribution in [3.63, 3.8) is 0 Å². The Morgan fingerprint density at radius 3 is 2.11 bits per heavy atom. The Labute approximate surface area is 351 Å². The molecule has 0 radical (unpaired) electrons. The minimum Gasteiger partial charge on any atom is -0.346 e. The number of sulfone groups is 1. The van der Waals surface area contributed by atoms with E-state index < -0.39 is 132 Å². The van der Waals surface area contributed by atoms with Crippen LogP contribution in [0, 0.1) is 11.6 Å². The number of fused-ring (bicyclic) bond motifs is 2. The SMILES string of the molecule is C[C@@H]1CC(F)(F)c2c1c(C(F)(F)F)nn2CC(=O)N[C@@H](Cc1cc(F)cc(F)c1)c1nc(C(C)(C)S(C)(=O)=O)ccc1-c1ccc(Cl)c2c(NS(C)(=O)=O)nn(CC(F)(F)F)c12. The normalized spacial score (nSPS) is 16.4. The van der Waals surface area contributed by atoms with E-state index in [4.69, 9.17) is 11.6 Å². The van der Waals surface area contributed by atoms with Crippen LogP contribution in [0.25, 0.3) is 22.0 Å². The molecule has 2 aromatic carbocycles. The number of halogens is 11. The van der Waals surface area contributed by atoms with Gasteiger partial charge in [-0.25, -0.2) is 25.6 Å². The van der Waals surface area contributed by atoms with Gasteiger partial charge in [0.1, 0.15) is 35.2 Å². The molecule has 0 spiro atoms. The highest BCUT2D eigenvalue weighted by Crippen LogP contribution is 2.52. The Balaban J connectivity index is 1.62. The first-order valence-corrected chi connectivity index (χ1v) is 22.2. The lowest BCUT2D eigenvalue weighted by atomic mass is 9.92. The number of carbonyl (C=O) groups excluding carboxylic acids is 1. The number of alkyl halides is 8. The molecule has 25 heteroatoms. The first-order valence-electron chi connectivity index (χ1n) is 18.0. The Bertz CT molecular complexity index is 2820. The fraction of sp³-hybridized carbons (Fsp3) is 0.405. The average Bonchev–Trinajstić information content (AvgIpc) is 3.72. The van der Waals surface area contributed by atoms with Crippen LogP contribution in [0.15, 0.2) is 42.5 Å². The third kappa shape index (κ3) is 9.36. The predicted molar refractivity (Wildman–Crippen MR) is 205 cm³/mol. The summed E-state index contributed by atoms with van der Waals surface area (Å²) in [4.78, 5) is 18.5. The Morgan fingerprint density at radius 1 is 0.935 bits per heavy atom. The molecule has 1 aliphatic rings. The molecule has 336 valence electrons. The average molecular weight is 946 g/mol. The fourth-order valence-corrected chi connectivity index (χ4v) is 8.54. The number of hydrogen-bond acceptors (Lipinski definition) is 8. The molecular formula is C37H34ClF10N7O5S2. The Hall–Kier alpha value is -4.97. The molecule has 3 heterocycles. The second-order valence-electron chi connectivity index (χ2n) is 15.4. The molecule has 1 amide bonds. The molecule has 12 nitrogen and oxygen atoms in total. The van der Waals surface area contributed by atoms with Crippen LogP contribution in [0.5, 0.6) is 0 Å². The minimum atomic E-state index is -5.21. The van der Waals surface area contributed by atoms with Gasteiger partial charge in [0.05, 0.1) is 39.6 Å². The molecule has 6 rings (SSSR count). The van der Waals surface area contributed by atoms with E-state index in [1.165, 1.54) is 32.0 Å². The van der Waals surface area contributed by atoms with Crippen molar-refractivity contribution in [1.82, 2.24) is 29.9 Å². The van der Waals surface area contributed by atoms with Crippen LogP contribution < -0.4 is 10.0 Å². The molecule has 1 aliphatic carbocycles. The van der Waals surface area contributed by atoms with Gasteiger partial charge in [-0.05, 0) is 56.0 Å². The maximum absolute atomic E-state index is 15.3. The molecule has 0 fully saturated rings. The number of anilines is 1. The van der Waals surface area contributed by atoms with Gasteiger partial charge >= 0.3 is 12.4 Å². The second kappa shape index (κ2) is 15.7. The molecule has 62 heavy (non-hydrogen) atoms. The van der Waals surface area contributed by atoms with Crippen molar-refractivity contribution >= 4 is 54.1 Å². The zero-order chi connectivity index (χ0) is 46.3. The molecule has 0 saturated carbocycles. The van der Waals surface area contributed by atoms with Gasteiger partial charge in [0, 0.05) is 35.4 Å². The van der Waals surface area contributed by atoms with E-state index in [1.807, 2.05) is 4.72 Å². The lowest BCUT2D eigenvalue weighted by Gasteiger charge is -2.27. The van der Waals surface area contributed by atoms with Crippen LogP contribution in [0.3, 0.4) is 0 Å². The van der Waals surface area contributed by atoms with Gasteiger partial charge in [0.15, 0.2) is 21.3 Å². The van der Waals surface area contributed by atoms with Crippen LogP contribution in [0.2, 0.25) is 5.02 Å². The monoisotopic (exact) mass is 945 g/mol. The molecule has 2 N–H and O–H groups in total. The molecule has 2 atom stereocenters. The van der Waals surface area contributed by atoms with Crippen molar-refractivity contribution in [3.8, 4) is 11.1 Å². The van der Waals surface area contributed by atoms with Crippen molar-refractivity contribution in [2.24, 2.45) is 0 Å². The summed E-state index contributed by atoms with van der Waals surface area (Å²) in [5.74, 6) is -9.38. The summed E-state index contributed by atoms with van der Waals surface area (Å²) < 4.78 is 196. The number of nitrogens with one attached hydrogen (secondary N) is 2. The highest BCUT2D eigenvalue weighted by atomic mass is 35.5. The zero-order valence-electron chi connectivity index (χ0n) is 32.8. The van der Waals surface area contributed by atoms with Gasteiger partial charge in [-0.1, -0.05) is 30.7 Å². The van der Waals surface area contributed by atoms with E-state index in [2.05, 4.69) is 20.5 Å². The first-order chi connectivity index (χ1) is 28.3. The quantitative estimate of drug-likeness (QED) is 0.119. The van der Waals surface area contributed by atoms with Crippen molar-refractivity contribution in [3.05, 3.63) is 93.0 Å². The van der Waals surface area contributed by atoms with Crippen molar-refractivity contribution in [2.45, 2.75) is 81.7 Å². The van der Waals surface area contributed by atoms with Crippen LogP contribution >= 0.6 is 11.6 Å². The zero-order valence-corrected chi connectivity index (χ0v) is 35.2. The highest BCUT2D eigenvalue weighted by Gasteiger charge is 2.53. The summed E-state index contributed by atoms with van der Waals surface area (Å²) in [5.41, 5.74) is -5.46. The number of hydrogen-bond donors (Lipinski definition) is 2. The summed E-state index contributed by atoms with van der Waals surface area (Å²) in [6.07, 6.45) is -10.3. The van der Waals surface area contributed by atoms with Crippen LogP contribution in [-0.4, -0.2) is 66.0 Å². The number of nitrogens with zero attached hydrogens (tertiary/aromatic N) is 5. The van der Waals surface area contributed by atoms with Crippen molar-refractivity contribution in [2.75, 3.05) is 17.2 Å². The van der Waals surface area contributed by atoms with E-state index >= 15 is 8.78 Å². The summed E-state index contributed by atoms with van der Waals surface area (Å²) in [6, 6.07) is 5.10. The predicted octanol–water partition coefficient (Wildman–Crippen LogP) is 8.16. The van der Waals surface area contributed by atoms with Gasteiger partial charge in [0.2, 0.25) is 15.9 Å². The lowest BCUT2D eigenvalue weighted by Crippen LogP contribution is -2.36. The largest absolute Gasteiger partial charge is 0.435 e. The van der Waals surface area contributed by atoms with Gasteiger partial charge in [-0.2, -0.15) is 45.3 Å². The molecule has 0 unspecified atom stereocenters. The van der Waals surface area contributed by atoms with Gasteiger partial charge in [-0.3, -0.25) is 23.9 Å². The number of pyridine rings is 1. The topological polar surface area (TPSA) is 158 Å². The molecule has 5 aromatic rings. The molecule has 3 aromatic heterocycles. The van der Waals surface area contributed by atoms with Crippen LogP contribution in [0.4, 0.5) is 49.7 Å². The third-order valence-electron chi connectivity index (χ3n) is 10.2. The number of sulfonamides is 1. The number of carbonyl (C=O) groups is 1. The van der Waals surface area contributed by atoms with Crippen molar-refractivity contribution in [1.29, 1.82) is 0 Å². The lowest BCUT2D eigenvalue weighted by molar-refractivity contribution is -0.143. The maximum Gasteiger partial charge on any atom is 0.435 e. The highest BCUT2D eigenvalue weighted by molar-refractivity contribution is 7.92. The number of benzene rings is 2. The van der Waals surface area contributed by atoms with Crippen molar-refractivity contribution < 1.29 is 65.5 Å². The fourth-order valence-electron chi connectivity index (χ4n) is 7.31. The summed E-state index contributed by atoms with van der Waals surface area (Å²) in [5, 5.41) is 8.92.